The van der Waals surface area contributed by atoms with Crippen molar-refractivity contribution in [3.63, 3.8) is 0 Å². The second-order valence-electron chi connectivity index (χ2n) is 10.8. The Morgan fingerprint density at radius 1 is 0.935 bits per heavy atom. The van der Waals surface area contributed by atoms with E-state index >= 15 is 0 Å². The van der Waals surface area contributed by atoms with Crippen molar-refractivity contribution in [1.82, 2.24) is 5.48 Å². The van der Waals surface area contributed by atoms with Crippen LogP contribution in [0, 0.1) is 5.41 Å². The van der Waals surface area contributed by atoms with Gasteiger partial charge in [-0.1, -0.05) is 0 Å². The fraction of sp³-hybridized carbons (Fsp3) is 0.741. The van der Waals surface area contributed by atoms with Crippen LogP contribution in [0.3, 0.4) is 0 Å². The maximum absolute atomic E-state index is 12.3. The van der Waals surface area contributed by atoms with Gasteiger partial charge in [0.25, 0.3) is 0 Å². The third kappa shape index (κ3) is 6.96. The Morgan fingerprint density at radius 3 is 1.77 bits per heavy atom. The van der Waals surface area contributed by atoms with Gasteiger partial charge in [0.2, 0.25) is 0 Å². The molecule has 0 atom stereocenters. The molecular formula is C27H47NO2Sn. The van der Waals surface area contributed by atoms with E-state index in [0.29, 0.717) is 0 Å². The first kappa shape index (κ1) is 26.7. The summed E-state index contributed by atoms with van der Waals surface area (Å²) in [6.45, 7) is 12.7. The molecule has 0 heterocycles. The van der Waals surface area contributed by atoms with Gasteiger partial charge in [-0.25, -0.2) is 0 Å². The van der Waals surface area contributed by atoms with E-state index in [1.807, 2.05) is 20.8 Å². The molecule has 176 valence electrons. The molecule has 1 aromatic carbocycles. The van der Waals surface area contributed by atoms with Crippen molar-refractivity contribution in [2.75, 3.05) is 0 Å². The monoisotopic (exact) mass is 537 g/mol. The first-order chi connectivity index (χ1) is 14.7. The maximum atomic E-state index is 12.3. The summed E-state index contributed by atoms with van der Waals surface area (Å²) in [5.41, 5.74) is 3.77. The second kappa shape index (κ2) is 12.1. The molecule has 1 aromatic rings. The summed E-state index contributed by atoms with van der Waals surface area (Å²) in [5.74, 6) is -0.190. The molecule has 1 N–H and O–H groups in total. The molecule has 2 rings (SSSR count). The van der Waals surface area contributed by atoms with Gasteiger partial charge >= 0.3 is 196 Å². The Morgan fingerprint density at radius 2 is 1.42 bits per heavy atom. The average Bonchev–Trinajstić information content (AvgIpc) is 2.72. The molecule has 1 saturated carbocycles. The number of carbonyl (C=O) groups is 1. The molecule has 0 bridgehead atoms. The van der Waals surface area contributed by atoms with E-state index < -0.39 is 23.8 Å². The van der Waals surface area contributed by atoms with E-state index in [4.69, 9.17) is 4.84 Å². The molecular weight excluding hydrogens is 489 g/mol. The summed E-state index contributed by atoms with van der Waals surface area (Å²) >= 11 is -2.39. The zero-order chi connectivity index (χ0) is 23.0. The zero-order valence-corrected chi connectivity index (χ0v) is 24.0. The van der Waals surface area contributed by atoms with Crippen molar-refractivity contribution in [1.29, 1.82) is 0 Å². The van der Waals surface area contributed by atoms with Crippen LogP contribution in [0.2, 0.25) is 13.3 Å². The Hall–Kier alpha value is -0.551. The van der Waals surface area contributed by atoms with Crippen LogP contribution < -0.4 is 9.06 Å². The van der Waals surface area contributed by atoms with Gasteiger partial charge in [0.1, 0.15) is 0 Å². The van der Waals surface area contributed by atoms with Crippen molar-refractivity contribution in [2.45, 2.75) is 118 Å². The first-order valence-electron chi connectivity index (χ1n) is 12.8. The van der Waals surface area contributed by atoms with E-state index in [0.717, 1.165) is 12.8 Å². The summed E-state index contributed by atoms with van der Waals surface area (Å²) in [5, 5.41) is 0. The van der Waals surface area contributed by atoms with Gasteiger partial charge in [0, 0.05) is 0 Å². The third-order valence-corrected chi connectivity index (χ3v) is 22.9. The van der Waals surface area contributed by atoms with Gasteiger partial charge < -0.3 is 0 Å². The van der Waals surface area contributed by atoms with Gasteiger partial charge in [0.15, 0.2) is 0 Å². The van der Waals surface area contributed by atoms with Crippen LogP contribution in [0.15, 0.2) is 24.3 Å². The molecule has 0 amide bonds. The summed E-state index contributed by atoms with van der Waals surface area (Å²) in [6, 6.07) is 9.64. The van der Waals surface area contributed by atoms with Crippen molar-refractivity contribution in [3.05, 3.63) is 29.8 Å². The summed E-state index contributed by atoms with van der Waals surface area (Å²) in [6.07, 6.45) is 11.3. The van der Waals surface area contributed by atoms with Gasteiger partial charge in [-0.05, 0) is 0 Å². The molecule has 1 aliphatic carbocycles. The Kier molecular flexibility index (Phi) is 10.4. The van der Waals surface area contributed by atoms with Crippen molar-refractivity contribution < 1.29 is 9.63 Å². The molecule has 31 heavy (non-hydrogen) atoms. The number of hydrogen-bond donors (Lipinski definition) is 1. The molecule has 0 unspecified atom stereocenters. The fourth-order valence-electron chi connectivity index (χ4n) is 4.77. The molecule has 0 aliphatic heterocycles. The predicted molar refractivity (Wildman–Crippen MR) is 135 cm³/mol. The van der Waals surface area contributed by atoms with Gasteiger partial charge in [-0.3, -0.25) is 0 Å². The number of carbonyl (C=O) groups excluding carboxylic acids is 1. The van der Waals surface area contributed by atoms with Gasteiger partial charge in [0.05, 0.1) is 0 Å². The molecule has 0 aromatic heterocycles. The Labute approximate surface area is 195 Å². The van der Waals surface area contributed by atoms with Crippen LogP contribution >= 0.6 is 0 Å². The van der Waals surface area contributed by atoms with Crippen LogP contribution in [0.5, 0.6) is 0 Å². The van der Waals surface area contributed by atoms with E-state index in [2.05, 4.69) is 50.5 Å². The number of unbranched alkanes of at least 4 members (excludes halogenated alkanes) is 3. The van der Waals surface area contributed by atoms with E-state index in [1.165, 1.54) is 63.8 Å². The number of nitrogens with one attached hydrogen (secondary N) is 1. The topological polar surface area (TPSA) is 38.3 Å². The summed E-state index contributed by atoms with van der Waals surface area (Å²) in [4.78, 5) is 17.8. The van der Waals surface area contributed by atoms with Crippen LogP contribution in [0.1, 0.15) is 105 Å². The van der Waals surface area contributed by atoms with Crippen molar-refractivity contribution in [2.24, 2.45) is 5.41 Å². The average molecular weight is 536 g/mol. The minimum atomic E-state index is -2.39. The predicted octanol–water partition coefficient (Wildman–Crippen LogP) is 7.22. The summed E-state index contributed by atoms with van der Waals surface area (Å²) in [7, 11) is 0. The molecule has 4 heteroatoms. The number of benzene rings is 1. The normalized spacial score (nSPS) is 16.1. The molecule has 0 radical (unpaired) electrons. The Bertz CT molecular complexity index is 652. The van der Waals surface area contributed by atoms with Crippen LogP contribution in [-0.2, 0) is 15.2 Å². The van der Waals surface area contributed by atoms with Crippen molar-refractivity contribution in [3.8, 4) is 0 Å². The van der Waals surface area contributed by atoms with Gasteiger partial charge in [-0.15, -0.1) is 0 Å². The summed E-state index contributed by atoms with van der Waals surface area (Å²) < 4.78 is 6.21. The molecule has 1 fully saturated rings. The van der Waals surface area contributed by atoms with E-state index in [-0.39, 0.29) is 11.5 Å². The molecule has 0 spiro atoms. The Balaban J connectivity index is 2.24. The van der Waals surface area contributed by atoms with Crippen LogP contribution in [-0.4, -0.2) is 24.3 Å². The standard InChI is InChI=1S/C15H20NO2.3C4H9.Sn/c1-14(2,3)13(17)18-16-15(10-7-11-15)12-8-5-4-6-9-12;3*1-3-4-2;/h5-6,8-9,16H,7,10-11H2,1-3H3;3*1,3-4H2,2H3;. The van der Waals surface area contributed by atoms with E-state index in [9.17, 15) is 4.79 Å². The SMILES string of the molecule is CCC[CH2][Sn]([CH2]CCC)([CH2]CCC)[c]1ccc(C2(NOC(=O)C(C)(C)C)CCC2)cc1. The van der Waals surface area contributed by atoms with Crippen LogP contribution in [0.4, 0.5) is 0 Å². The second-order valence-corrected chi connectivity index (χ2v) is 24.1. The fourth-order valence-corrected chi connectivity index (χ4v) is 20.7. The third-order valence-electron chi connectivity index (χ3n) is 7.24. The van der Waals surface area contributed by atoms with Crippen LogP contribution in [0.25, 0.3) is 0 Å². The first-order valence-corrected chi connectivity index (χ1v) is 20.3. The van der Waals surface area contributed by atoms with Crippen molar-refractivity contribution >= 4 is 27.9 Å². The molecule has 3 nitrogen and oxygen atoms in total. The zero-order valence-electron chi connectivity index (χ0n) is 21.1. The number of hydroxylamine groups is 1. The molecule has 1 aliphatic rings. The number of rotatable bonds is 13. The minimum absolute atomic E-state index is 0.190. The quantitative estimate of drug-likeness (QED) is 0.214. The molecule has 0 saturated heterocycles. The van der Waals surface area contributed by atoms with E-state index in [1.54, 1.807) is 3.58 Å². The number of hydrogen-bond acceptors (Lipinski definition) is 3. The van der Waals surface area contributed by atoms with Gasteiger partial charge in [-0.2, -0.15) is 0 Å².